The van der Waals surface area contributed by atoms with Gasteiger partial charge in [0.1, 0.15) is 0 Å². The van der Waals surface area contributed by atoms with Crippen LogP contribution in [0.4, 0.5) is 4.79 Å². The van der Waals surface area contributed by atoms with E-state index in [-0.39, 0.29) is 12.3 Å². The number of amides is 2. The second-order valence-corrected chi connectivity index (χ2v) is 6.01. The fourth-order valence-electron chi connectivity index (χ4n) is 2.81. The molecule has 3 aromatic rings. The Balaban J connectivity index is 1.71. The van der Waals surface area contributed by atoms with E-state index in [4.69, 9.17) is 10.5 Å². The summed E-state index contributed by atoms with van der Waals surface area (Å²) in [5, 5.41) is 4.96. The predicted molar refractivity (Wildman–Crippen MR) is 100 cm³/mol. The van der Waals surface area contributed by atoms with Crippen LogP contribution in [0.25, 0.3) is 10.8 Å². The molecule has 3 rings (SSSR count). The molecule has 0 saturated carbocycles. The van der Waals surface area contributed by atoms with Crippen molar-refractivity contribution in [2.45, 2.75) is 19.1 Å². The molecular formula is C21H20N2O3. The third-order valence-electron chi connectivity index (χ3n) is 4.10. The molecule has 0 aliphatic rings. The Bertz CT molecular complexity index is 909. The van der Waals surface area contributed by atoms with Gasteiger partial charge in [0.25, 0.3) is 5.91 Å². The summed E-state index contributed by atoms with van der Waals surface area (Å²) in [4.78, 5) is 23.7. The molecule has 1 unspecified atom stereocenters. The summed E-state index contributed by atoms with van der Waals surface area (Å²) in [6.07, 6.45) is -1.68. The summed E-state index contributed by atoms with van der Waals surface area (Å²) in [7, 11) is 0. The number of primary amides is 1. The Hall–Kier alpha value is -3.34. The van der Waals surface area contributed by atoms with Crippen molar-refractivity contribution in [2.75, 3.05) is 0 Å². The van der Waals surface area contributed by atoms with Crippen molar-refractivity contribution in [2.24, 2.45) is 5.73 Å². The SMILES string of the molecule is NC(=O)OC(Cc1ccc2ccccc2c1)C(=O)NCc1ccccc1. The van der Waals surface area contributed by atoms with Crippen molar-refractivity contribution in [3.8, 4) is 0 Å². The lowest BCUT2D eigenvalue weighted by Gasteiger charge is -2.17. The summed E-state index contributed by atoms with van der Waals surface area (Å²) in [6, 6.07) is 23.3. The van der Waals surface area contributed by atoms with Gasteiger partial charge in [-0.2, -0.15) is 0 Å². The number of rotatable bonds is 6. The van der Waals surface area contributed by atoms with Gasteiger partial charge in [-0.3, -0.25) is 4.79 Å². The first-order valence-electron chi connectivity index (χ1n) is 8.37. The molecule has 0 heterocycles. The van der Waals surface area contributed by atoms with Crippen molar-refractivity contribution in [3.63, 3.8) is 0 Å². The topological polar surface area (TPSA) is 81.4 Å². The standard InChI is InChI=1S/C21H20N2O3/c22-21(25)26-19(20(24)23-14-15-6-2-1-3-7-15)13-16-10-11-17-8-4-5-9-18(17)12-16/h1-12,19H,13-14H2,(H2,22,25)(H,23,24). The van der Waals surface area contributed by atoms with Gasteiger partial charge in [-0.05, 0) is 21.9 Å². The van der Waals surface area contributed by atoms with Gasteiger partial charge in [0, 0.05) is 13.0 Å². The van der Waals surface area contributed by atoms with Gasteiger partial charge < -0.3 is 15.8 Å². The molecule has 3 N–H and O–H groups in total. The zero-order chi connectivity index (χ0) is 18.4. The molecule has 2 amide bonds. The number of fused-ring (bicyclic) bond motifs is 1. The monoisotopic (exact) mass is 348 g/mol. The van der Waals surface area contributed by atoms with Gasteiger partial charge in [0.15, 0.2) is 6.10 Å². The summed E-state index contributed by atoms with van der Waals surface area (Å²) in [5.41, 5.74) is 7.00. The summed E-state index contributed by atoms with van der Waals surface area (Å²) < 4.78 is 5.04. The number of ether oxygens (including phenoxy) is 1. The van der Waals surface area contributed by atoms with Crippen LogP contribution in [0.2, 0.25) is 0 Å². The van der Waals surface area contributed by atoms with Crippen LogP contribution >= 0.6 is 0 Å². The van der Waals surface area contributed by atoms with Crippen molar-refractivity contribution < 1.29 is 14.3 Å². The maximum absolute atomic E-state index is 12.5. The van der Waals surface area contributed by atoms with E-state index >= 15 is 0 Å². The van der Waals surface area contributed by atoms with Crippen LogP contribution in [-0.2, 0) is 22.5 Å². The zero-order valence-electron chi connectivity index (χ0n) is 14.2. The van der Waals surface area contributed by atoms with Crippen LogP contribution in [0.1, 0.15) is 11.1 Å². The van der Waals surface area contributed by atoms with Gasteiger partial charge in [0.05, 0.1) is 0 Å². The quantitative estimate of drug-likeness (QED) is 0.718. The minimum absolute atomic E-state index is 0.258. The lowest BCUT2D eigenvalue weighted by molar-refractivity contribution is -0.129. The number of benzene rings is 3. The molecular weight excluding hydrogens is 328 g/mol. The molecule has 5 nitrogen and oxygen atoms in total. The van der Waals surface area contributed by atoms with Gasteiger partial charge in [0.2, 0.25) is 0 Å². The molecule has 0 aromatic heterocycles. The number of hydrogen-bond acceptors (Lipinski definition) is 3. The molecule has 5 heteroatoms. The molecule has 0 radical (unpaired) electrons. The summed E-state index contributed by atoms with van der Waals surface area (Å²) in [5.74, 6) is -0.374. The fourth-order valence-corrected chi connectivity index (χ4v) is 2.81. The lowest BCUT2D eigenvalue weighted by Crippen LogP contribution is -2.40. The van der Waals surface area contributed by atoms with E-state index in [1.165, 1.54) is 0 Å². The third kappa shape index (κ3) is 4.60. The average Bonchev–Trinajstić information content (AvgIpc) is 2.66. The van der Waals surface area contributed by atoms with E-state index in [1.54, 1.807) is 0 Å². The average molecular weight is 348 g/mol. The molecule has 0 aliphatic heterocycles. The van der Waals surface area contributed by atoms with Gasteiger partial charge in [-0.25, -0.2) is 4.79 Å². The molecule has 0 saturated heterocycles. The molecule has 1 atom stereocenters. The van der Waals surface area contributed by atoms with Gasteiger partial charge >= 0.3 is 6.09 Å². The minimum atomic E-state index is -0.975. The third-order valence-corrected chi connectivity index (χ3v) is 4.10. The van der Waals surface area contributed by atoms with Gasteiger partial charge in [-0.15, -0.1) is 0 Å². The van der Waals surface area contributed by atoms with Crippen molar-refractivity contribution >= 4 is 22.8 Å². The first-order valence-corrected chi connectivity index (χ1v) is 8.37. The highest BCUT2D eigenvalue weighted by molar-refractivity contribution is 5.85. The van der Waals surface area contributed by atoms with E-state index < -0.39 is 12.2 Å². The summed E-state index contributed by atoms with van der Waals surface area (Å²) >= 11 is 0. The summed E-state index contributed by atoms with van der Waals surface area (Å²) in [6.45, 7) is 0.357. The van der Waals surface area contributed by atoms with Crippen LogP contribution in [0.3, 0.4) is 0 Å². The fraction of sp³-hybridized carbons (Fsp3) is 0.143. The van der Waals surface area contributed by atoms with E-state index in [1.807, 2.05) is 72.8 Å². The second-order valence-electron chi connectivity index (χ2n) is 6.01. The number of hydrogen-bond donors (Lipinski definition) is 2. The Morgan fingerprint density at radius 2 is 1.58 bits per heavy atom. The molecule has 3 aromatic carbocycles. The van der Waals surface area contributed by atoms with E-state index in [0.717, 1.165) is 21.9 Å². The molecule has 0 aliphatic carbocycles. The lowest BCUT2D eigenvalue weighted by atomic mass is 10.0. The predicted octanol–water partition coefficient (Wildman–Crippen LogP) is 3.16. The molecule has 0 spiro atoms. The van der Waals surface area contributed by atoms with E-state index in [2.05, 4.69) is 5.32 Å². The number of nitrogens with two attached hydrogens (primary N) is 1. The molecule has 132 valence electrons. The molecule has 26 heavy (non-hydrogen) atoms. The number of carbonyl (C=O) groups excluding carboxylic acids is 2. The second kappa shape index (κ2) is 8.16. The highest BCUT2D eigenvalue weighted by atomic mass is 16.6. The Labute approximate surface area is 151 Å². The van der Waals surface area contributed by atoms with E-state index in [0.29, 0.717) is 6.54 Å². The minimum Gasteiger partial charge on any atom is -0.436 e. The Morgan fingerprint density at radius 3 is 2.31 bits per heavy atom. The van der Waals surface area contributed by atoms with Crippen LogP contribution < -0.4 is 11.1 Å². The Kier molecular flexibility index (Phi) is 5.49. The maximum Gasteiger partial charge on any atom is 0.405 e. The Morgan fingerprint density at radius 1 is 0.885 bits per heavy atom. The van der Waals surface area contributed by atoms with Crippen molar-refractivity contribution in [1.29, 1.82) is 0 Å². The smallest absolute Gasteiger partial charge is 0.405 e. The van der Waals surface area contributed by atoms with E-state index in [9.17, 15) is 9.59 Å². The van der Waals surface area contributed by atoms with Gasteiger partial charge in [-0.1, -0.05) is 72.8 Å². The largest absolute Gasteiger partial charge is 0.436 e. The molecule has 0 bridgehead atoms. The van der Waals surface area contributed by atoms with Crippen LogP contribution in [0, 0.1) is 0 Å². The van der Waals surface area contributed by atoms with Crippen molar-refractivity contribution in [3.05, 3.63) is 83.9 Å². The highest BCUT2D eigenvalue weighted by Gasteiger charge is 2.22. The van der Waals surface area contributed by atoms with Crippen LogP contribution in [0.15, 0.2) is 72.8 Å². The zero-order valence-corrected chi connectivity index (χ0v) is 14.2. The van der Waals surface area contributed by atoms with Crippen molar-refractivity contribution in [1.82, 2.24) is 5.32 Å². The first-order chi connectivity index (χ1) is 12.6. The number of nitrogens with one attached hydrogen (secondary N) is 1. The maximum atomic E-state index is 12.5. The molecule has 0 fully saturated rings. The normalized spacial score (nSPS) is 11.7. The first kappa shape index (κ1) is 17.5. The number of carbonyl (C=O) groups is 2. The van der Waals surface area contributed by atoms with Crippen LogP contribution in [-0.4, -0.2) is 18.1 Å². The highest BCUT2D eigenvalue weighted by Crippen LogP contribution is 2.17. The van der Waals surface area contributed by atoms with Crippen LogP contribution in [0.5, 0.6) is 0 Å².